The van der Waals surface area contributed by atoms with Gasteiger partial charge in [-0.25, -0.2) is 4.98 Å². The van der Waals surface area contributed by atoms with Crippen molar-refractivity contribution in [1.82, 2.24) is 35.6 Å². The molecular formula is C50H70N8O11S. The van der Waals surface area contributed by atoms with E-state index < -0.39 is 47.9 Å². The number of rotatable bonds is 26. The molecule has 0 spiro atoms. The third-order valence-electron chi connectivity index (χ3n) is 12.6. The Morgan fingerprint density at radius 3 is 2.27 bits per heavy atom. The van der Waals surface area contributed by atoms with Crippen LogP contribution in [-0.2, 0) is 43.1 Å². The van der Waals surface area contributed by atoms with Crippen LogP contribution >= 0.6 is 11.3 Å². The number of benzene rings is 1. The van der Waals surface area contributed by atoms with Crippen molar-refractivity contribution in [2.24, 2.45) is 17.8 Å². The van der Waals surface area contributed by atoms with Crippen molar-refractivity contribution in [2.45, 2.75) is 130 Å². The minimum absolute atomic E-state index is 0.000364. The number of aromatic nitrogens is 1. The van der Waals surface area contributed by atoms with Gasteiger partial charge in [0.25, 0.3) is 17.7 Å². The number of carboxylic acids is 1. The first-order valence-electron chi connectivity index (χ1n) is 24.0. The molecule has 6 atom stereocenters. The van der Waals surface area contributed by atoms with Gasteiger partial charge in [-0.2, -0.15) is 0 Å². The predicted octanol–water partition coefficient (Wildman–Crippen LogP) is 5.06. The summed E-state index contributed by atoms with van der Waals surface area (Å²) in [5.74, 6) is -5.35. The number of esters is 1. The van der Waals surface area contributed by atoms with Gasteiger partial charge in [0.1, 0.15) is 16.7 Å². The van der Waals surface area contributed by atoms with Crippen LogP contribution in [0.2, 0.25) is 0 Å². The molecule has 1 fully saturated rings. The maximum Gasteiger partial charge on any atom is 0.306 e. The molecule has 20 heteroatoms. The lowest BCUT2D eigenvalue weighted by Gasteiger charge is -2.38. The maximum absolute atomic E-state index is 14.3. The van der Waals surface area contributed by atoms with Gasteiger partial charge in [-0.05, 0) is 74.9 Å². The molecule has 4 rings (SSSR count). The number of imide groups is 1. The van der Waals surface area contributed by atoms with Gasteiger partial charge in [0.2, 0.25) is 23.6 Å². The number of amides is 7. The number of nitrogens with one attached hydrogen (secondary N) is 4. The molecule has 3 heterocycles. The summed E-state index contributed by atoms with van der Waals surface area (Å²) in [6.07, 6.45) is 8.43. The first-order valence-corrected chi connectivity index (χ1v) is 24.9. The van der Waals surface area contributed by atoms with Gasteiger partial charge in [-0.15, -0.1) is 11.3 Å². The number of nitrogens with zero attached hydrogens (tertiary/aromatic N) is 4. The second-order valence-corrected chi connectivity index (χ2v) is 19.4. The van der Waals surface area contributed by atoms with Crippen LogP contribution in [0, 0.1) is 17.8 Å². The van der Waals surface area contributed by atoms with Crippen molar-refractivity contribution in [2.75, 3.05) is 39.0 Å². The Kier molecular flexibility index (Phi) is 21.9. The Morgan fingerprint density at radius 2 is 1.66 bits per heavy atom. The minimum atomic E-state index is -1.08. The lowest BCUT2D eigenvalue weighted by atomic mass is 9.92. The SMILES string of the molecule is CC[C@H](C)[C@H](NC(=O)[C@H]1CCCCN1C)C(=O)N(C)[C@H](C[C@@H](OC(C)=O)c1nc(C(=O)N/C(=C/c2ccc(NC(=O)CNC(=O)CCCCCN3C(=O)C=CC3=O)cc2)CC(C)C(=O)O)cs1)C(C)C. The number of anilines is 1. The van der Waals surface area contributed by atoms with Crippen LogP contribution in [0.5, 0.6) is 0 Å². The van der Waals surface area contributed by atoms with Crippen LogP contribution in [0.1, 0.15) is 133 Å². The summed E-state index contributed by atoms with van der Waals surface area (Å²) in [5, 5.41) is 22.7. The monoisotopic (exact) mass is 990 g/mol. The van der Waals surface area contributed by atoms with Gasteiger partial charge in [0.15, 0.2) is 6.10 Å². The summed E-state index contributed by atoms with van der Waals surface area (Å²) in [5.41, 5.74) is 1.29. The average Bonchev–Trinajstić information content (AvgIpc) is 3.94. The number of thiazole rings is 1. The van der Waals surface area contributed by atoms with Gasteiger partial charge in [0, 0.05) is 74.7 Å². The highest BCUT2D eigenvalue weighted by molar-refractivity contribution is 7.09. The zero-order chi connectivity index (χ0) is 51.7. The fourth-order valence-corrected chi connectivity index (χ4v) is 9.09. The molecule has 5 N–H and O–H groups in total. The number of hydrogen-bond donors (Lipinski definition) is 5. The predicted molar refractivity (Wildman–Crippen MR) is 264 cm³/mol. The van der Waals surface area contributed by atoms with Crippen molar-refractivity contribution < 1.29 is 53.0 Å². The number of piperidine rings is 1. The first kappa shape index (κ1) is 56.3. The third kappa shape index (κ3) is 17.0. The molecule has 382 valence electrons. The van der Waals surface area contributed by atoms with Crippen LogP contribution in [0.4, 0.5) is 5.69 Å². The molecule has 19 nitrogen and oxygen atoms in total. The van der Waals surface area contributed by atoms with Gasteiger partial charge >= 0.3 is 11.9 Å². The summed E-state index contributed by atoms with van der Waals surface area (Å²) in [7, 11) is 3.60. The summed E-state index contributed by atoms with van der Waals surface area (Å²) in [6.45, 7) is 11.4. The van der Waals surface area contributed by atoms with Crippen molar-refractivity contribution >= 4 is 76.4 Å². The van der Waals surface area contributed by atoms with Crippen LogP contribution in [0.25, 0.3) is 6.08 Å². The highest BCUT2D eigenvalue weighted by atomic mass is 32.1. The summed E-state index contributed by atoms with van der Waals surface area (Å²) in [6, 6.07) is 5.00. The second kappa shape index (κ2) is 27.2. The molecule has 1 saturated heterocycles. The summed E-state index contributed by atoms with van der Waals surface area (Å²) >= 11 is 1.10. The average molecular weight is 991 g/mol. The van der Waals surface area contributed by atoms with Crippen LogP contribution in [0.15, 0.2) is 47.5 Å². The molecule has 0 saturated carbocycles. The fourth-order valence-electron chi connectivity index (χ4n) is 8.25. The number of likely N-dealkylation sites (tertiary alicyclic amines) is 1. The normalized spacial score (nSPS) is 17.3. The number of unbranched alkanes of at least 4 members (excludes halogenated alkanes) is 2. The number of ether oxygens (including phenoxy) is 1. The Morgan fingerprint density at radius 1 is 0.971 bits per heavy atom. The Labute approximate surface area is 414 Å². The van der Waals surface area contributed by atoms with Crippen molar-refractivity contribution in [3.05, 3.63) is 63.8 Å². The zero-order valence-corrected chi connectivity index (χ0v) is 42.4. The smallest absolute Gasteiger partial charge is 0.306 e. The molecule has 0 bridgehead atoms. The van der Waals surface area contributed by atoms with Crippen molar-refractivity contribution in [3.63, 3.8) is 0 Å². The first-order chi connectivity index (χ1) is 33.2. The molecule has 2 aliphatic rings. The number of likely N-dealkylation sites (N-methyl/N-ethyl adjacent to an activating group) is 2. The van der Waals surface area contributed by atoms with Crippen LogP contribution in [0.3, 0.4) is 0 Å². The van der Waals surface area contributed by atoms with E-state index in [1.807, 2.05) is 39.6 Å². The van der Waals surface area contributed by atoms with E-state index in [1.54, 1.807) is 42.3 Å². The zero-order valence-electron chi connectivity index (χ0n) is 41.6. The highest BCUT2D eigenvalue weighted by Crippen LogP contribution is 2.31. The van der Waals surface area contributed by atoms with E-state index in [2.05, 4.69) is 26.3 Å². The van der Waals surface area contributed by atoms with Gasteiger partial charge in [-0.3, -0.25) is 53.0 Å². The number of hydrogen-bond acceptors (Lipinski definition) is 13. The minimum Gasteiger partial charge on any atom is -0.481 e. The van der Waals surface area contributed by atoms with E-state index in [0.29, 0.717) is 48.4 Å². The van der Waals surface area contributed by atoms with Gasteiger partial charge in [0.05, 0.1) is 18.5 Å². The van der Waals surface area contributed by atoms with E-state index in [9.17, 15) is 48.3 Å². The standard InChI is InChI=1S/C50H70N8O11S/c1-9-31(4)45(55-47(65)38-15-12-14-23-56(38)7)49(66)57(8)39(30(2)3)27-40(69-33(6)59)48-54-37(29-70-48)46(64)53-36(25-32(5)50(67)68)26-34-17-19-35(20-18-34)52-42(61)28-51-41(60)16-11-10-13-24-58-43(62)21-22-44(58)63/h17-22,26,29-32,38-40,45H,9-16,23-25,27-28H2,1-8H3,(H,51,60)(H,52,61)(H,53,64)(H,55,65)(H,67,68)/b36-26+/t31-,32?,38+,39+,40+,45-/m0/s1. The van der Waals surface area contributed by atoms with Crippen molar-refractivity contribution in [1.29, 1.82) is 0 Å². The third-order valence-corrected chi connectivity index (χ3v) is 13.6. The number of carboxylic acid groups (broad SMARTS) is 1. The summed E-state index contributed by atoms with van der Waals surface area (Å²) < 4.78 is 5.79. The molecule has 7 amide bonds. The van der Waals surface area contributed by atoms with E-state index in [0.717, 1.165) is 35.6 Å². The Bertz CT molecular complexity index is 2240. The van der Waals surface area contributed by atoms with Gasteiger partial charge in [-0.1, -0.05) is 66.0 Å². The molecule has 1 aromatic heterocycles. The number of aliphatic carboxylic acids is 1. The Hall–Kier alpha value is -6.28. The van der Waals surface area contributed by atoms with E-state index >= 15 is 0 Å². The molecule has 70 heavy (non-hydrogen) atoms. The van der Waals surface area contributed by atoms with Crippen molar-refractivity contribution in [3.8, 4) is 0 Å². The molecule has 2 aliphatic heterocycles. The Balaban J connectivity index is 1.39. The largest absolute Gasteiger partial charge is 0.481 e. The van der Waals surface area contributed by atoms with Gasteiger partial charge < -0.3 is 36.0 Å². The second-order valence-electron chi connectivity index (χ2n) is 18.5. The maximum atomic E-state index is 14.3. The highest BCUT2D eigenvalue weighted by Gasteiger charge is 2.37. The van der Waals surface area contributed by atoms with Crippen LogP contribution < -0.4 is 21.3 Å². The molecule has 1 unspecified atom stereocenters. The van der Waals surface area contributed by atoms with Crippen LogP contribution in [-0.4, -0.2) is 130 Å². The molecule has 0 aliphatic carbocycles. The lowest BCUT2D eigenvalue weighted by molar-refractivity contribution is -0.149. The molecule has 0 radical (unpaired) electrons. The molecule has 1 aromatic carbocycles. The topological polar surface area (TPSA) is 254 Å². The molecule has 2 aromatic rings. The fraction of sp³-hybridized carbons (Fsp3) is 0.560. The molecular weight excluding hydrogens is 921 g/mol. The number of carbonyl (C=O) groups is 9. The number of carbonyl (C=O) groups excluding carboxylic acids is 8. The van der Waals surface area contributed by atoms with E-state index in [4.69, 9.17) is 4.74 Å². The summed E-state index contributed by atoms with van der Waals surface area (Å²) in [4.78, 5) is 124. The van der Waals surface area contributed by atoms with E-state index in [-0.39, 0.29) is 91.2 Å². The van der Waals surface area contributed by atoms with E-state index in [1.165, 1.54) is 31.4 Å². The number of allylic oxidation sites excluding steroid dienone is 1. The quantitative estimate of drug-likeness (QED) is 0.0470. The lowest BCUT2D eigenvalue weighted by Crippen LogP contribution is -2.58.